The van der Waals surface area contributed by atoms with Crippen molar-refractivity contribution in [1.29, 1.82) is 0 Å². The Bertz CT molecular complexity index is 3360. The first-order valence-corrected chi connectivity index (χ1v) is 24.0. The average Bonchev–Trinajstić information content (AvgIpc) is 3.93. The van der Waals surface area contributed by atoms with Crippen molar-refractivity contribution in [1.82, 2.24) is 9.55 Å². The second-order valence-corrected chi connectivity index (χ2v) is 18.8. The zero-order valence-corrected chi connectivity index (χ0v) is 42.2. The number of rotatable bonds is 11. The zero-order valence-electron chi connectivity index (χ0n) is 40.0. The fourth-order valence-corrected chi connectivity index (χ4v) is 10.3. The number of nitrogens with zero attached hydrogens (tertiary/aromatic N) is 5. The Morgan fingerprint density at radius 2 is 1.12 bits per heavy atom. The quantitative estimate of drug-likeness (QED) is 0.121. The van der Waals surface area contributed by atoms with Crippen LogP contribution in [0.25, 0.3) is 61.0 Å². The van der Waals surface area contributed by atoms with Crippen LogP contribution in [0.3, 0.4) is 0 Å². The topological polar surface area (TPSA) is 27.5 Å². The van der Waals surface area contributed by atoms with Gasteiger partial charge in [0.15, 0.2) is 0 Å². The average molecular weight is 1080 g/mol. The third kappa shape index (κ3) is 8.23. The maximum Gasteiger partial charge on any atom is 2.00 e. The van der Waals surface area contributed by atoms with Gasteiger partial charge in [0, 0.05) is 28.9 Å². The molecule has 69 heavy (non-hydrogen) atoms. The van der Waals surface area contributed by atoms with Gasteiger partial charge in [-0.3, -0.25) is 0 Å². The second kappa shape index (κ2) is 19.1. The first-order chi connectivity index (χ1) is 33.2. The zero-order chi connectivity index (χ0) is 46.5. The van der Waals surface area contributed by atoms with Gasteiger partial charge in [-0.15, -0.1) is 35.7 Å². The molecule has 0 aliphatic carbocycles. The molecule has 2 aromatic heterocycles. The molecule has 0 bridgehead atoms. The second-order valence-electron chi connectivity index (χ2n) is 18.8. The van der Waals surface area contributed by atoms with Crippen LogP contribution in [0.1, 0.15) is 64.5 Å². The van der Waals surface area contributed by atoms with Gasteiger partial charge in [0.1, 0.15) is 5.82 Å². The molecule has 6 heteroatoms. The van der Waals surface area contributed by atoms with E-state index in [1.54, 1.807) is 0 Å². The Hall–Kier alpha value is -7.20. The van der Waals surface area contributed by atoms with Crippen molar-refractivity contribution in [2.45, 2.75) is 59.4 Å². The van der Waals surface area contributed by atoms with Gasteiger partial charge in [-0.05, 0) is 94.8 Å². The van der Waals surface area contributed by atoms with Gasteiger partial charge < -0.3 is 19.3 Å². The van der Waals surface area contributed by atoms with Gasteiger partial charge in [0.05, 0.1) is 23.7 Å². The third-order valence-electron chi connectivity index (χ3n) is 13.6. The van der Waals surface area contributed by atoms with E-state index >= 15 is 0 Å². The van der Waals surface area contributed by atoms with Gasteiger partial charge in [-0.2, -0.15) is 12.1 Å². The number of benzene rings is 8. The summed E-state index contributed by atoms with van der Waals surface area (Å²) < 4.78 is 2.31. The molecule has 0 radical (unpaired) electrons. The molecule has 11 rings (SSSR count). The van der Waals surface area contributed by atoms with E-state index in [9.17, 15) is 0 Å². The molecule has 0 saturated heterocycles. The number of pyridine rings is 1. The molecule has 10 aromatic rings. The summed E-state index contributed by atoms with van der Waals surface area (Å²) in [7, 11) is 0. The largest absolute Gasteiger partial charge is 2.00 e. The van der Waals surface area contributed by atoms with Crippen molar-refractivity contribution >= 4 is 55.9 Å². The van der Waals surface area contributed by atoms with Gasteiger partial charge in [0.2, 0.25) is 0 Å². The van der Waals surface area contributed by atoms with E-state index in [2.05, 4.69) is 261 Å². The van der Waals surface area contributed by atoms with E-state index in [-0.39, 0.29) is 21.1 Å². The molecule has 1 aliphatic heterocycles. The molecule has 3 heterocycles. The van der Waals surface area contributed by atoms with Crippen LogP contribution in [-0.4, -0.2) is 22.3 Å². The Labute approximate surface area is 421 Å². The minimum Gasteiger partial charge on any atom is -0.357 e. The van der Waals surface area contributed by atoms with Crippen molar-refractivity contribution in [3.05, 3.63) is 218 Å². The molecule has 0 spiro atoms. The summed E-state index contributed by atoms with van der Waals surface area (Å²) in [5.41, 5.74) is 17.9. The molecule has 1 aliphatic rings. The maximum absolute atomic E-state index is 5.16. The number of hydrogen-bond donors (Lipinski definition) is 0. The van der Waals surface area contributed by atoms with Gasteiger partial charge in [-0.25, -0.2) is 4.98 Å². The van der Waals surface area contributed by atoms with E-state index in [4.69, 9.17) is 4.98 Å². The predicted octanol–water partition coefficient (Wildman–Crippen LogP) is 16.8. The summed E-state index contributed by atoms with van der Waals surface area (Å²) in [6, 6.07) is 76.3. The Morgan fingerprint density at radius 3 is 1.78 bits per heavy atom. The van der Waals surface area contributed by atoms with Crippen LogP contribution < -0.4 is 14.7 Å². The van der Waals surface area contributed by atoms with Crippen LogP contribution in [0.2, 0.25) is 0 Å². The summed E-state index contributed by atoms with van der Waals surface area (Å²) >= 11 is 0. The number of hydrogen-bond acceptors (Lipinski definition) is 4. The number of aromatic nitrogens is 2. The molecular formula is C63H55N5Pt. The predicted molar refractivity (Wildman–Crippen MR) is 286 cm³/mol. The van der Waals surface area contributed by atoms with E-state index in [0.717, 1.165) is 79.3 Å². The molecule has 0 fully saturated rings. The first-order valence-electron chi connectivity index (χ1n) is 24.0. The van der Waals surface area contributed by atoms with Gasteiger partial charge in [0.25, 0.3) is 0 Å². The summed E-state index contributed by atoms with van der Waals surface area (Å²) in [4.78, 5) is 12.4. The molecule has 342 valence electrons. The van der Waals surface area contributed by atoms with Gasteiger partial charge in [-0.1, -0.05) is 178 Å². The number of para-hydroxylation sites is 4. The van der Waals surface area contributed by atoms with Crippen LogP contribution in [0.4, 0.5) is 34.1 Å². The van der Waals surface area contributed by atoms with Crippen molar-refractivity contribution in [2.75, 3.05) is 21.4 Å². The maximum atomic E-state index is 5.16. The Balaban J connectivity index is 0.00000553. The van der Waals surface area contributed by atoms with Crippen LogP contribution in [-0.2, 0) is 21.1 Å². The summed E-state index contributed by atoms with van der Waals surface area (Å²) in [6.07, 6.45) is 1.97. The van der Waals surface area contributed by atoms with Crippen molar-refractivity contribution in [3.63, 3.8) is 0 Å². The van der Waals surface area contributed by atoms with Crippen molar-refractivity contribution in [3.8, 4) is 39.2 Å². The van der Waals surface area contributed by atoms with Crippen molar-refractivity contribution < 1.29 is 21.1 Å². The van der Waals surface area contributed by atoms with Gasteiger partial charge >= 0.3 is 21.1 Å². The standard InChI is InChI=1S/C63H55N5.Pt/c1-42(2)51-27-18-28-52(43(3)4)62(51)47-36-37-64-61(38-47)68-57-31-14-13-26-55(57)56-35-34-50(40-60(56)68)67(49-25-17-24-48(39-49)66-41-65(44(5)6)58-32-15-16-33-59(58)66)63-53(45-20-9-7-10-21-45)29-19-30-54(63)46-22-11-8-12-23-46;/h7-38,42-44H,41H2,1-6H3;/q-2;+2. The number of anilines is 6. The number of fused-ring (bicyclic) bond motifs is 4. The Kier molecular flexibility index (Phi) is 12.6. The Morgan fingerprint density at radius 1 is 0.522 bits per heavy atom. The molecule has 0 saturated carbocycles. The molecule has 0 unspecified atom stereocenters. The first kappa shape index (κ1) is 45.6. The third-order valence-corrected chi connectivity index (χ3v) is 13.6. The minimum absolute atomic E-state index is 0. The van der Waals surface area contributed by atoms with Crippen LogP contribution >= 0.6 is 0 Å². The van der Waals surface area contributed by atoms with Crippen LogP contribution in [0.5, 0.6) is 0 Å². The molecule has 0 atom stereocenters. The molecule has 0 amide bonds. The van der Waals surface area contributed by atoms with Crippen LogP contribution in [0.15, 0.2) is 194 Å². The minimum atomic E-state index is 0. The fourth-order valence-electron chi connectivity index (χ4n) is 10.3. The fraction of sp³-hybridized carbons (Fsp3) is 0.159. The van der Waals surface area contributed by atoms with E-state index in [1.165, 1.54) is 33.6 Å². The summed E-state index contributed by atoms with van der Waals surface area (Å²) in [6.45, 7) is 14.4. The van der Waals surface area contributed by atoms with Crippen molar-refractivity contribution in [2.24, 2.45) is 0 Å². The smallest absolute Gasteiger partial charge is 0.357 e. The van der Waals surface area contributed by atoms with E-state index < -0.39 is 0 Å². The van der Waals surface area contributed by atoms with E-state index in [0.29, 0.717) is 17.9 Å². The normalized spacial score (nSPS) is 12.4. The SMILES string of the molecule is CC(C)c1cccc(C(C)C)c1-c1ccnc(-n2c3[c-]c(N(c4[c-]c(N5CN(C(C)C)c6ccccc65)ccc4)c4c(-c5ccccc5)cccc4-c4ccccc4)ccc3c3ccccc32)c1.[Pt+2]. The summed E-state index contributed by atoms with van der Waals surface area (Å²) in [5, 5.41) is 2.27. The molecule has 8 aromatic carbocycles. The molecular weight excluding hydrogens is 1020 g/mol. The molecule has 0 N–H and O–H groups in total. The molecule has 5 nitrogen and oxygen atoms in total. The van der Waals surface area contributed by atoms with E-state index in [1.807, 2.05) is 6.20 Å². The van der Waals surface area contributed by atoms with Crippen LogP contribution in [0, 0.1) is 12.1 Å². The summed E-state index contributed by atoms with van der Waals surface area (Å²) in [5.74, 6) is 1.58. The monoisotopic (exact) mass is 1080 g/mol.